The lowest BCUT2D eigenvalue weighted by atomic mass is 10.0. The van der Waals surface area contributed by atoms with Crippen LogP contribution in [0, 0.1) is 12.7 Å². The third-order valence-corrected chi connectivity index (χ3v) is 5.48. The predicted octanol–water partition coefficient (Wildman–Crippen LogP) is 5.38. The smallest absolute Gasteiger partial charge is 0.270 e. The molecule has 3 aromatic rings. The van der Waals surface area contributed by atoms with Crippen LogP contribution >= 0.6 is 0 Å². The van der Waals surface area contributed by atoms with E-state index in [9.17, 15) is 8.78 Å². The van der Waals surface area contributed by atoms with E-state index >= 15 is 4.39 Å². The lowest BCUT2D eigenvalue weighted by molar-refractivity contribution is 0.0174. The number of hydrogen-bond acceptors (Lipinski definition) is 5. The Morgan fingerprint density at radius 2 is 1.90 bits per heavy atom. The Morgan fingerprint density at radius 3 is 2.61 bits per heavy atom. The van der Waals surface area contributed by atoms with E-state index in [2.05, 4.69) is 20.3 Å². The fourth-order valence-corrected chi connectivity index (χ4v) is 3.92. The molecule has 0 bridgehead atoms. The first kappa shape index (κ1) is 21.1. The van der Waals surface area contributed by atoms with Crippen LogP contribution in [-0.4, -0.2) is 21.5 Å². The summed E-state index contributed by atoms with van der Waals surface area (Å²) in [6, 6.07) is 11.8. The molecule has 1 aromatic carbocycles. The zero-order valence-corrected chi connectivity index (χ0v) is 17.4. The van der Waals surface area contributed by atoms with Crippen LogP contribution in [0.15, 0.2) is 48.8 Å². The number of benzene rings is 1. The molecule has 162 valence electrons. The van der Waals surface area contributed by atoms with Gasteiger partial charge in [0.1, 0.15) is 6.33 Å². The molecule has 4 rings (SSSR count). The largest absolute Gasteiger partial charge is 0.362 e. The van der Waals surface area contributed by atoms with Gasteiger partial charge in [-0.1, -0.05) is 30.3 Å². The van der Waals surface area contributed by atoms with Crippen molar-refractivity contribution in [1.82, 2.24) is 15.0 Å². The number of nitrogens with one attached hydrogen (secondary N) is 1. The highest BCUT2D eigenvalue weighted by Gasteiger charge is 2.31. The highest BCUT2D eigenvalue weighted by atomic mass is 19.3. The van der Waals surface area contributed by atoms with Gasteiger partial charge >= 0.3 is 0 Å². The topological polar surface area (TPSA) is 53.9 Å². The summed E-state index contributed by atoms with van der Waals surface area (Å²) in [6.45, 7) is 3.74. The van der Waals surface area contributed by atoms with Gasteiger partial charge in [0.15, 0.2) is 11.6 Å². The standard InChI is InChI=1S/C23H24F3N5/c1-15-5-3-6-18(30-15)13-27-21-20(24)22(29-14-28-21)31-12-4-7-19(31)16-8-10-17(11-9-16)23(2,25)26/h3,5-6,8-11,14,19H,4,7,12-13H2,1-2H3,(H,27,28,29). The van der Waals surface area contributed by atoms with Gasteiger partial charge in [0.25, 0.3) is 5.92 Å². The summed E-state index contributed by atoms with van der Waals surface area (Å²) in [6.07, 6.45) is 2.98. The summed E-state index contributed by atoms with van der Waals surface area (Å²) in [7, 11) is 0. The molecule has 0 radical (unpaired) electrons. The van der Waals surface area contributed by atoms with Gasteiger partial charge in [-0.2, -0.15) is 4.39 Å². The molecule has 1 atom stereocenters. The number of pyridine rings is 1. The summed E-state index contributed by atoms with van der Waals surface area (Å²) in [4.78, 5) is 14.5. The van der Waals surface area contributed by atoms with Crippen LogP contribution in [0.2, 0.25) is 0 Å². The second kappa shape index (κ2) is 8.53. The number of anilines is 2. The molecular weight excluding hydrogens is 403 g/mol. The van der Waals surface area contributed by atoms with Crippen LogP contribution < -0.4 is 10.2 Å². The highest BCUT2D eigenvalue weighted by molar-refractivity contribution is 5.53. The second-order valence-corrected chi connectivity index (χ2v) is 7.85. The van der Waals surface area contributed by atoms with E-state index in [0.29, 0.717) is 13.1 Å². The first-order chi connectivity index (χ1) is 14.8. The van der Waals surface area contributed by atoms with Crippen LogP contribution in [0.1, 0.15) is 48.3 Å². The van der Waals surface area contributed by atoms with E-state index in [1.165, 1.54) is 18.5 Å². The summed E-state index contributed by atoms with van der Waals surface area (Å²) in [5.41, 5.74) is 2.49. The quantitative estimate of drug-likeness (QED) is 0.572. The fourth-order valence-electron chi connectivity index (χ4n) is 3.92. The van der Waals surface area contributed by atoms with Crippen molar-refractivity contribution >= 4 is 11.6 Å². The van der Waals surface area contributed by atoms with Gasteiger partial charge in [-0.05, 0) is 37.5 Å². The maximum Gasteiger partial charge on any atom is 0.270 e. The first-order valence-corrected chi connectivity index (χ1v) is 10.2. The van der Waals surface area contributed by atoms with Gasteiger partial charge in [-0.15, -0.1) is 0 Å². The maximum atomic E-state index is 15.3. The molecule has 5 nitrogen and oxygen atoms in total. The molecular formula is C23H24F3N5. The molecule has 1 N–H and O–H groups in total. The zero-order valence-electron chi connectivity index (χ0n) is 17.4. The molecule has 0 saturated carbocycles. The maximum absolute atomic E-state index is 15.3. The third kappa shape index (κ3) is 4.62. The van der Waals surface area contributed by atoms with Crippen LogP contribution in [0.25, 0.3) is 0 Å². The minimum atomic E-state index is -2.89. The van der Waals surface area contributed by atoms with Crippen molar-refractivity contribution in [3.05, 3.63) is 77.1 Å². The van der Waals surface area contributed by atoms with Gasteiger partial charge in [0.2, 0.25) is 5.82 Å². The predicted molar refractivity (Wildman–Crippen MR) is 114 cm³/mol. The summed E-state index contributed by atoms with van der Waals surface area (Å²) >= 11 is 0. The Kier molecular flexibility index (Phi) is 5.80. The van der Waals surface area contributed by atoms with Crippen molar-refractivity contribution in [2.24, 2.45) is 0 Å². The molecule has 2 aromatic heterocycles. The minimum Gasteiger partial charge on any atom is -0.362 e. The van der Waals surface area contributed by atoms with Crippen molar-refractivity contribution in [2.45, 2.75) is 45.2 Å². The summed E-state index contributed by atoms with van der Waals surface area (Å²) < 4.78 is 42.3. The Labute approximate surface area is 179 Å². The SMILES string of the molecule is Cc1cccc(CNc2ncnc(N3CCCC3c3ccc(C(C)(F)F)cc3)c2F)n1. The Bertz CT molecular complexity index is 1050. The van der Waals surface area contributed by atoms with E-state index in [4.69, 9.17) is 0 Å². The highest BCUT2D eigenvalue weighted by Crippen LogP contribution is 2.38. The van der Waals surface area contributed by atoms with Gasteiger partial charge in [0, 0.05) is 24.7 Å². The van der Waals surface area contributed by atoms with Crippen molar-refractivity contribution < 1.29 is 13.2 Å². The zero-order chi connectivity index (χ0) is 22.0. The molecule has 1 fully saturated rings. The molecule has 0 spiro atoms. The fraction of sp³-hybridized carbons (Fsp3) is 0.348. The van der Waals surface area contributed by atoms with E-state index < -0.39 is 11.7 Å². The molecule has 1 aliphatic rings. The van der Waals surface area contributed by atoms with Crippen LogP contribution in [-0.2, 0) is 12.5 Å². The van der Waals surface area contributed by atoms with Crippen molar-refractivity contribution in [3.63, 3.8) is 0 Å². The normalized spacial score (nSPS) is 16.5. The van der Waals surface area contributed by atoms with Crippen LogP contribution in [0.3, 0.4) is 0 Å². The first-order valence-electron chi connectivity index (χ1n) is 10.2. The number of halogens is 3. The molecule has 1 aliphatic heterocycles. The number of aromatic nitrogens is 3. The van der Waals surface area contributed by atoms with Gasteiger partial charge in [-0.25, -0.2) is 18.7 Å². The number of nitrogens with zero attached hydrogens (tertiary/aromatic N) is 4. The molecule has 0 amide bonds. The van der Waals surface area contributed by atoms with E-state index in [1.54, 1.807) is 12.1 Å². The van der Waals surface area contributed by atoms with Gasteiger partial charge < -0.3 is 10.2 Å². The monoisotopic (exact) mass is 427 g/mol. The molecule has 8 heteroatoms. The number of hydrogen-bond donors (Lipinski definition) is 1. The number of rotatable bonds is 6. The third-order valence-electron chi connectivity index (χ3n) is 5.48. The van der Waals surface area contributed by atoms with Gasteiger partial charge in [-0.3, -0.25) is 4.98 Å². The van der Waals surface area contributed by atoms with Crippen molar-refractivity contribution in [2.75, 3.05) is 16.8 Å². The molecule has 0 aliphatic carbocycles. The minimum absolute atomic E-state index is 0.0368. The Morgan fingerprint density at radius 1 is 1.13 bits per heavy atom. The van der Waals surface area contributed by atoms with E-state index in [1.807, 2.05) is 30.0 Å². The average molecular weight is 427 g/mol. The lowest BCUT2D eigenvalue weighted by Gasteiger charge is -2.27. The van der Waals surface area contributed by atoms with Crippen LogP contribution in [0.4, 0.5) is 24.8 Å². The van der Waals surface area contributed by atoms with Crippen molar-refractivity contribution in [3.8, 4) is 0 Å². The van der Waals surface area contributed by atoms with Gasteiger partial charge in [0.05, 0.1) is 18.3 Å². The van der Waals surface area contributed by atoms with E-state index in [0.717, 1.165) is 36.7 Å². The molecule has 3 heterocycles. The van der Waals surface area contributed by atoms with Crippen LogP contribution in [0.5, 0.6) is 0 Å². The second-order valence-electron chi connectivity index (χ2n) is 7.85. The molecule has 1 unspecified atom stereocenters. The summed E-state index contributed by atoms with van der Waals surface area (Å²) in [5, 5.41) is 3.00. The Hall–Kier alpha value is -3.16. The van der Waals surface area contributed by atoms with Crippen molar-refractivity contribution in [1.29, 1.82) is 0 Å². The number of alkyl halides is 2. The lowest BCUT2D eigenvalue weighted by Crippen LogP contribution is -2.25. The average Bonchev–Trinajstić information content (AvgIpc) is 3.22. The molecule has 1 saturated heterocycles. The Balaban J connectivity index is 1.55. The number of aryl methyl sites for hydroxylation is 1. The van der Waals surface area contributed by atoms with E-state index in [-0.39, 0.29) is 23.2 Å². The summed E-state index contributed by atoms with van der Waals surface area (Å²) in [5.74, 6) is -3.10. The molecule has 31 heavy (non-hydrogen) atoms.